The molecule has 0 saturated carbocycles. The Labute approximate surface area is 115 Å². The van der Waals surface area contributed by atoms with Crippen molar-refractivity contribution in [2.75, 3.05) is 13.6 Å². The predicted octanol–water partition coefficient (Wildman–Crippen LogP) is 3.62. The maximum Gasteiger partial charge on any atom is 0.284 e. The van der Waals surface area contributed by atoms with Crippen LogP contribution in [0.25, 0.3) is 6.08 Å². The van der Waals surface area contributed by atoms with Crippen molar-refractivity contribution in [3.63, 3.8) is 0 Å². The molecule has 18 heavy (non-hydrogen) atoms. The molecular weight excluding hydrogens is 296 g/mol. The van der Waals surface area contributed by atoms with Crippen LogP contribution in [-0.4, -0.2) is 18.5 Å². The summed E-state index contributed by atoms with van der Waals surface area (Å²) in [5.41, 5.74) is 2.16. The van der Waals surface area contributed by atoms with E-state index in [-0.39, 0.29) is 10.6 Å². The minimum absolute atomic E-state index is 0.0938. The molecule has 5 heteroatoms. The Bertz CT molecular complexity index is 470. The summed E-state index contributed by atoms with van der Waals surface area (Å²) in [6.07, 6.45) is 2.00. The lowest BCUT2D eigenvalue weighted by molar-refractivity contribution is -0.385. The van der Waals surface area contributed by atoms with Crippen LogP contribution >= 0.6 is 15.9 Å². The lowest BCUT2D eigenvalue weighted by Crippen LogP contribution is -2.13. The van der Waals surface area contributed by atoms with Crippen molar-refractivity contribution in [2.24, 2.45) is 5.92 Å². The zero-order valence-corrected chi connectivity index (χ0v) is 12.3. The van der Waals surface area contributed by atoms with Gasteiger partial charge in [0.25, 0.3) is 5.69 Å². The molecule has 4 nitrogen and oxygen atoms in total. The normalized spacial score (nSPS) is 11.9. The van der Waals surface area contributed by atoms with E-state index in [2.05, 4.69) is 35.1 Å². The van der Waals surface area contributed by atoms with Gasteiger partial charge >= 0.3 is 0 Å². The van der Waals surface area contributed by atoms with Gasteiger partial charge in [0.2, 0.25) is 0 Å². The van der Waals surface area contributed by atoms with E-state index in [9.17, 15) is 10.1 Å². The molecule has 1 aromatic carbocycles. The summed E-state index contributed by atoms with van der Waals surface area (Å²) in [5.74, 6) is 0.403. The summed E-state index contributed by atoms with van der Waals surface area (Å²) in [7, 11) is 1.89. The van der Waals surface area contributed by atoms with E-state index in [4.69, 9.17) is 0 Å². The number of benzene rings is 1. The highest BCUT2D eigenvalue weighted by Crippen LogP contribution is 2.27. The topological polar surface area (TPSA) is 55.2 Å². The summed E-state index contributed by atoms with van der Waals surface area (Å²) < 4.78 is 0.504. The van der Waals surface area contributed by atoms with Crippen LogP contribution < -0.4 is 5.32 Å². The molecule has 0 amide bonds. The molecule has 0 heterocycles. The van der Waals surface area contributed by atoms with Crippen molar-refractivity contribution in [3.8, 4) is 0 Å². The average Bonchev–Trinajstić information content (AvgIpc) is 2.30. The number of nitrogens with zero attached hydrogens (tertiary/aromatic N) is 1. The van der Waals surface area contributed by atoms with Gasteiger partial charge in [0, 0.05) is 12.6 Å². The fourth-order valence-corrected chi connectivity index (χ4v) is 1.99. The van der Waals surface area contributed by atoms with Crippen LogP contribution in [0.5, 0.6) is 0 Å². The monoisotopic (exact) mass is 312 g/mol. The van der Waals surface area contributed by atoms with E-state index in [1.165, 1.54) is 5.57 Å². The molecule has 0 aromatic heterocycles. The third-order valence-corrected chi connectivity index (χ3v) is 3.31. The largest absolute Gasteiger partial charge is 0.316 e. The number of halogens is 1. The molecule has 1 N–H and O–H groups in total. The molecule has 0 aliphatic rings. The molecule has 0 bridgehead atoms. The first-order valence-corrected chi connectivity index (χ1v) is 6.54. The van der Waals surface area contributed by atoms with Crippen molar-refractivity contribution < 1.29 is 4.92 Å². The van der Waals surface area contributed by atoms with E-state index >= 15 is 0 Å². The molecule has 0 aliphatic carbocycles. The summed E-state index contributed by atoms with van der Waals surface area (Å²) in [6, 6.07) is 5.17. The lowest BCUT2D eigenvalue weighted by atomic mass is 10.00. The third-order valence-electron chi connectivity index (χ3n) is 2.64. The van der Waals surface area contributed by atoms with Gasteiger partial charge in [0.15, 0.2) is 0 Å². The average molecular weight is 313 g/mol. The van der Waals surface area contributed by atoms with Crippen LogP contribution in [0.15, 0.2) is 28.2 Å². The van der Waals surface area contributed by atoms with Crippen LogP contribution in [0.2, 0.25) is 0 Å². The van der Waals surface area contributed by atoms with E-state index in [1.54, 1.807) is 12.1 Å². The molecule has 0 spiro atoms. The summed E-state index contributed by atoms with van der Waals surface area (Å²) in [6.45, 7) is 4.99. The van der Waals surface area contributed by atoms with Gasteiger partial charge in [-0.25, -0.2) is 0 Å². The number of likely N-dealkylation sites (N-methyl/N-ethyl adjacent to an activating group) is 1. The van der Waals surface area contributed by atoms with Crippen LogP contribution in [0, 0.1) is 16.0 Å². The Balaban J connectivity index is 3.13. The molecule has 0 unspecified atom stereocenters. The van der Waals surface area contributed by atoms with Gasteiger partial charge in [0.05, 0.1) is 9.40 Å². The van der Waals surface area contributed by atoms with Gasteiger partial charge in [-0.05, 0) is 40.5 Å². The zero-order chi connectivity index (χ0) is 13.7. The van der Waals surface area contributed by atoms with Gasteiger partial charge in [-0.15, -0.1) is 0 Å². The SMILES string of the molecule is CNCC(=Cc1ccc(Br)c([N+](=O)[O-])c1)C(C)C. The van der Waals surface area contributed by atoms with Gasteiger partial charge in [-0.2, -0.15) is 0 Å². The number of hydrogen-bond donors (Lipinski definition) is 1. The maximum atomic E-state index is 10.9. The quantitative estimate of drug-likeness (QED) is 0.667. The van der Waals surface area contributed by atoms with Crippen LogP contribution in [0.3, 0.4) is 0 Å². The van der Waals surface area contributed by atoms with E-state index < -0.39 is 0 Å². The smallest absolute Gasteiger partial charge is 0.284 e. The number of nitro benzene ring substituents is 1. The van der Waals surface area contributed by atoms with Crippen LogP contribution in [0.1, 0.15) is 19.4 Å². The highest BCUT2D eigenvalue weighted by atomic mass is 79.9. The predicted molar refractivity (Wildman–Crippen MR) is 77.5 cm³/mol. The molecule has 0 atom stereocenters. The minimum Gasteiger partial charge on any atom is -0.316 e. The highest BCUT2D eigenvalue weighted by molar-refractivity contribution is 9.10. The number of rotatable bonds is 5. The maximum absolute atomic E-state index is 10.9. The third kappa shape index (κ3) is 3.92. The van der Waals surface area contributed by atoms with Crippen molar-refractivity contribution in [1.82, 2.24) is 5.32 Å². The van der Waals surface area contributed by atoms with Gasteiger partial charge < -0.3 is 5.32 Å². The Morgan fingerprint density at radius 1 is 1.56 bits per heavy atom. The first-order chi connectivity index (χ1) is 8.45. The molecule has 98 valence electrons. The Morgan fingerprint density at radius 2 is 2.22 bits per heavy atom. The molecule has 1 aromatic rings. The van der Waals surface area contributed by atoms with Gasteiger partial charge in [-0.3, -0.25) is 10.1 Å². The molecule has 0 saturated heterocycles. The molecular formula is C13H17BrN2O2. The van der Waals surface area contributed by atoms with Crippen molar-refractivity contribution in [2.45, 2.75) is 13.8 Å². The number of nitrogens with one attached hydrogen (secondary N) is 1. The first kappa shape index (κ1) is 14.9. The molecule has 0 aliphatic heterocycles. The number of nitro groups is 1. The molecule has 1 rings (SSSR count). The van der Waals surface area contributed by atoms with Gasteiger partial charge in [-0.1, -0.05) is 31.6 Å². The Hall–Kier alpha value is -1.20. The van der Waals surface area contributed by atoms with E-state index in [1.807, 2.05) is 19.2 Å². The van der Waals surface area contributed by atoms with Crippen LogP contribution in [0.4, 0.5) is 5.69 Å². The fraction of sp³-hybridized carbons (Fsp3) is 0.385. The van der Waals surface area contributed by atoms with Crippen LogP contribution in [-0.2, 0) is 0 Å². The standard InChI is InChI=1S/C13H17BrN2O2/c1-9(2)11(8-15-3)6-10-4-5-12(14)13(7-10)16(17)18/h4-7,9,15H,8H2,1-3H3. The second kappa shape index (κ2) is 6.66. The fourth-order valence-electron chi connectivity index (χ4n) is 1.60. The summed E-state index contributed by atoms with van der Waals surface area (Å²) in [5, 5.41) is 14.0. The minimum atomic E-state index is -0.380. The Kier molecular flexibility index (Phi) is 5.50. The summed E-state index contributed by atoms with van der Waals surface area (Å²) >= 11 is 3.18. The van der Waals surface area contributed by atoms with Gasteiger partial charge in [0.1, 0.15) is 0 Å². The van der Waals surface area contributed by atoms with Crippen molar-refractivity contribution >= 4 is 27.7 Å². The van der Waals surface area contributed by atoms with Crippen molar-refractivity contribution in [3.05, 3.63) is 43.9 Å². The second-order valence-electron chi connectivity index (χ2n) is 4.37. The lowest BCUT2D eigenvalue weighted by Gasteiger charge is -2.11. The first-order valence-electron chi connectivity index (χ1n) is 5.74. The summed E-state index contributed by atoms with van der Waals surface area (Å²) in [4.78, 5) is 10.5. The highest BCUT2D eigenvalue weighted by Gasteiger charge is 2.12. The van der Waals surface area contributed by atoms with Crippen molar-refractivity contribution in [1.29, 1.82) is 0 Å². The Morgan fingerprint density at radius 3 is 2.72 bits per heavy atom. The molecule has 0 fully saturated rings. The zero-order valence-electron chi connectivity index (χ0n) is 10.7. The second-order valence-corrected chi connectivity index (χ2v) is 5.23. The van der Waals surface area contributed by atoms with E-state index in [0.717, 1.165) is 12.1 Å². The molecule has 0 radical (unpaired) electrons. The number of hydrogen-bond acceptors (Lipinski definition) is 3. The van der Waals surface area contributed by atoms with E-state index in [0.29, 0.717) is 10.4 Å².